The van der Waals surface area contributed by atoms with Crippen molar-refractivity contribution >= 4 is 11.6 Å². The monoisotopic (exact) mass is 233 g/mol. The molecule has 3 nitrogen and oxygen atoms in total. The van der Waals surface area contributed by atoms with Crippen molar-refractivity contribution in [2.75, 3.05) is 17.2 Å². The van der Waals surface area contributed by atoms with E-state index in [4.69, 9.17) is 0 Å². The van der Waals surface area contributed by atoms with Crippen LogP contribution in [-0.2, 0) is 0 Å². The van der Waals surface area contributed by atoms with E-state index in [0.29, 0.717) is 6.04 Å². The number of nitrogens with zero attached hydrogens (tertiary/aromatic N) is 1. The molecule has 1 aromatic rings. The number of nitrogens with one attached hydrogen (secondary N) is 2. The maximum Gasteiger partial charge on any atom is 0.128 e. The number of aromatic nitrogens is 1. The largest absolute Gasteiger partial charge is 0.370 e. The van der Waals surface area contributed by atoms with Crippen molar-refractivity contribution in [1.82, 2.24) is 4.98 Å². The Hall–Kier alpha value is -1.25. The van der Waals surface area contributed by atoms with Crippen LogP contribution in [0.4, 0.5) is 11.6 Å². The zero-order valence-electron chi connectivity index (χ0n) is 10.7. The normalized spacial score (nSPS) is 16.8. The number of pyridine rings is 1. The molecule has 0 saturated heterocycles. The van der Waals surface area contributed by atoms with E-state index in [0.717, 1.165) is 24.6 Å². The lowest BCUT2D eigenvalue weighted by atomic mass is 9.95. The van der Waals surface area contributed by atoms with Gasteiger partial charge in [-0.05, 0) is 31.4 Å². The van der Waals surface area contributed by atoms with Gasteiger partial charge in [0.15, 0.2) is 0 Å². The molecule has 2 N–H and O–H groups in total. The van der Waals surface area contributed by atoms with Gasteiger partial charge < -0.3 is 10.6 Å². The molecule has 17 heavy (non-hydrogen) atoms. The topological polar surface area (TPSA) is 37.0 Å². The average Bonchev–Trinajstić information content (AvgIpc) is 2.38. The summed E-state index contributed by atoms with van der Waals surface area (Å²) in [6, 6.07) is 6.78. The van der Waals surface area contributed by atoms with E-state index >= 15 is 0 Å². The van der Waals surface area contributed by atoms with Gasteiger partial charge in [0.1, 0.15) is 11.6 Å². The smallest absolute Gasteiger partial charge is 0.128 e. The number of anilines is 2. The molecule has 0 amide bonds. The van der Waals surface area contributed by atoms with Gasteiger partial charge in [0.25, 0.3) is 0 Å². The molecular formula is C14H23N3. The Balaban J connectivity index is 1.90. The molecule has 1 aliphatic carbocycles. The molecule has 1 aliphatic rings. The Morgan fingerprint density at radius 3 is 2.71 bits per heavy atom. The van der Waals surface area contributed by atoms with Crippen molar-refractivity contribution < 1.29 is 0 Å². The van der Waals surface area contributed by atoms with Crippen LogP contribution in [0.1, 0.15) is 45.4 Å². The van der Waals surface area contributed by atoms with E-state index in [-0.39, 0.29) is 0 Å². The van der Waals surface area contributed by atoms with E-state index in [1.165, 1.54) is 32.1 Å². The average molecular weight is 233 g/mol. The Morgan fingerprint density at radius 2 is 1.94 bits per heavy atom. The summed E-state index contributed by atoms with van der Waals surface area (Å²) in [6.45, 7) is 3.15. The van der Waals surface area contributed by atoms with Gasteiger partial charge in [-0.2, -0.15) is 0 Å². The molecule has 3 heteroatoms. The van der Waals surface area contributed by atoms with Crippen molar-refractivity contribution in [2.45, 2.75) is 51.5 Å². The first-order valence-electron chi connectivity index (χ1n) is 6.86. The van der Waals surface area contributed by atoms with Crippen LogP contribution < -0.4 is 10.6 Å². The zero-order chi connectivity index (χ0) is 11.9. The maximum absolute atomic E-state index is 4.58. The van der Waals surface area contributed by atoms with Gasteiger partial charge in [0, 0.05) is 12.6 Å². The van der Waals surface area contributed by atoms with Gasteiger partial charge in [-0.25, -0.2) is 4.98 Å². The van der Waals surface area contributed by atoms with Crippen LogP contribution in [0.3, 0.4) is 0 Å². The van der Waals surface area contributed by atoms with Gasteiger partial charge >= 0.3 is 0 Å². The molecule has 1 saturated carbocycles. The van der Waals surface area contributed by atoms with E-state index in [1.54, 1.807) is 0 Å². The number of hydrogen-bond acceptors (Lipinski definition) is 3. The highest BCUT2D eigenvalue weighted by molar-refractivity contribution is 5.45. The first-order chi connectivity index (χ1) is 8.38. The summed E-state index contributed by atoms with van der Waals surface area (Å²) in [5.41, 5.74) is 0. The molecule has 1 heterocycles. The summed E-state index contributed by atoms with van der Waals surface area (Å²) in [4.78, 5) is 4.58. The van der Waals surface area contributed by atoms with Crippen LogP contribution in [-0.4, -0.2) is 17.6 Å². The molecule has 0 aliphatic heterocycles. The lowest BCUT2D eigenvalue weighted by Gasteiger charge is -2.23. The van der Waals surface area contributed by atoms with Crippen LogP contribution in [0.25, 0.3) is 0 Å². The summed E-state index contributed by atoms with van der Waals surface area (Å²) >= 11 is 0. The minimum absolute atomic E-state index is 0.623. The fourth-order valence-corrected chi connectivity index (χ4v) is 2.32. The van der Waals surface area contributed by atoms with Gasteiger partial charge in [0.05, 0.1) is 0 Å². The summed E-state index contributed by atoms with van der Waals surface area (Å²) in [5.74, 6) is 1.99. The molecule has 0 unspecified atom stereocenters. The van der Waals surface area contributed by atoms with Crippen molar-refractivity contribution in [3.8, 4) is 0 Å². The van der Waals surface area contributed by atoms with Crippen LogP contribution in [0.15, 0.2) is 18.2 Å². The fraction of sp³-hybridized carbons (Fsp3) is 0.643. The Labute approximate surface area is 104 Å². The number of hydrogen-bond donors (Lipinski definition) is 2. The third-order valence-corrected chi connectivity index (χ3v) is 3.26. The highest BCUT2D eigenvalue weighted by Gasteiger charge is 2.13. The third-order valence-electron chi connectivity index (χ3n) is 3.26. The van der Waals surface area contributed by atoms with Crippen molar-refractivity contribution in [2.24, 2.45) is 0 Å². The van der Waals surface area contributed by atoms with E-state index in [1.807, 2.05) is 6.07 Å². The molecule has 2 rings (SSSR count). The quantitative estimate of drug-likeness (QED) is 0.815. The van der Waals surface area contributed by atoms with E-state index in [9.17, 15) is 0 Å². The maximum atomic E-state index is 4.58. The molecule has 0 bridgehead atoms. The molecule has 94 valence electrons. The molecule has 0 atom stereocenters. The van der Waals surface area contributed by atoms with Crippen LogP contribution in [0, 0.1) is 0 Å². The van der Waals surface area contributed by atoms with Crippen molar-refractivity contribution in [3.63, 3.8) is 0 Å². The summed E-state index contributed by atoms with van der Waals surface area (Å²) in [7, 11) is 0. The molecule has 0 radical (unpaired) electrons. The van der Waals surface area contributed by atoms with Gasteiger partial charge in [0.2, 0.25) is 0 Å². The van der Waals surface area contributed by atoms with E-state index < -0.39 is 0 Å². The van der Waals surface area contributed by atoms with Crippen LogP contribution >= 0.6 is 0 Å². The van der Waals surface area contributed by atoms with E-state index in [2.05, 4.69) is 34.7 Å². The summed E-state index contributed by atoms with van der Waals surface area (Å²) < 4.78 is 0. The standard InChI is InChI=1S/C14H23N3/c1-2-11-15-13-9-6-10-14(17-13)16-12-7-4-3-5-8-12/h6,9-10,12H,2-5,7-8,11H2,1H3,(H2,15,16,17). The molecule has 1 aromatic heterocycles. The van der Waals surface area contributed by atoms with Crippen LogP contribution in [0.2, 0.25) is 0 Å². The Morgan fingerprint density at radius 1 is 1.18 bits per heavy atom. The first-order valence-corrected chi connectivity index (χ1v) is 6.86. The molecule has 1 fully saturated rings. The molecular weight excluding hydrogens is 210 g/mol. The SMILES string of the molecule is CCCNc1cccc(NC2CCCCC2)n1. The second-order valence-electron chi connectivity index (χ2n) is 4.81. The lowest BCUT2D eigenvalue weighted by Crippen LogP contribution is -2.22. The van der Waals surface area contributed by atoms with Crippen LogP contribution in [0.5, 0.6) is 0 Å². The predicted octanol–water partition coefficient (Wildman–Crippen LogP) is 3.65. The zero-order valence-corrected chi connectivity index (χ0v) is 10.7. The minimum Gasteiger partial charge on any atom is -0.370 e. The predicted molar refractivity (Wildman–Crippen MR) is 73.5 cm³/mol. The number of rotatable bonds is 5. The summed E-state index contributed by atoms with van der Waals surface area (Å²) in [5, 5.41) is 6.87. The highest BCUT2D eigenvalue weighted by Crippen LogP contribution is 2.21. The Bertz CT molecular complexity index is 332. The summed E-state index contributed by atoms with van der Waals surface area (Å²) in [6.07, 6.45) is 7.80. The van der Waals surface area contributed by atoms with Crippen molar-refractivity contribution in [1.29, 1.82) is 0 Å². The first kappa shape index (κ1) is 12.2. The Kier molecular flexibility index (Phi) is 4.65. The lowest BCUT2D eigenvalue weighted by molar-refractivity contribution is 0.462. The van der Waals surface area contributed by atoms with Gasteiger partial charge in [-0.3, -0.25) is 0 Å². The second-order valence-corrected chi connectivity index (χ2v) is 4.81. The molecule has 0 spiro atoms. The molecule has 0 aromatic carbocycles. The minimum atomic E-state index is 0.623. The fourth-order valence-electron chi connectivity index (χ4n) is 2.32. The van der Waals surface area contributed by atoms with Gasteiger partial charge in [-0.15, -0.1) is 0 Å². The second kappa shape index (κ2) is 6.48. The van der Waals surface area contributed by atoms with Gasteiger partial charge in [-0.1, -0.05) is 32.3 Å². The third kappa shape index (κ3) is 3.91. The van der Waals surface area contributed by atoms with Crippen molar-refractivity contribution in [3.05, 3.63) is 18.2 Å². The highest BCUT2D eigenvalue weighted by atomic mass is 15.1.